The molecule has 112 valence electrons. The lowest BCUT2D eigenvalue weighted by Crippen LogP contribution is -2.09. The van der Waals surface area contributed by atoms with Gasteiger partial charge in [-0.15, -0.1) is 32.9 Å². The van der Waals surface area contributed by atoms with Crippen LogP contribution >= 0.6 is 22.7 Å². The summed E-state index contributed by atoms with van der Waals surface area (Å²) in [6, 6.07) is 5.63. The maximum absolute atomic E-state index is 12.3. The highest BCUT2D eigenvalue weighted by molar-refractivity contribution is 7.14. The molecule has 3 aromatic rings. The highest BCUT2D eigenvalue weighted by atomic mass is 32.1. The molecule has 0 atom stereocenters. The van der Waals surface area contributed by atoms with Crippen LogP contribution in [0.5, 0.6) is 0 Å². The van der Waals surface area contributed by atoms with E-state index in [9.17, 15) is 4.79 Å². The van der Waals surface area contributed by atoms with Gasteiger partial charge in [0, 0.05) is 10.8 Å². The number of hydrogen-bond donors (Lipinski definition) is 1. The van der Waals surface area contributed by atoms with E-state index >= 15 is 0 Å². The van der Waals surface area contributed by atoms with E-state index in [4.69, 9.17) is 4.42 Å². The fraction of sp³-hybridized carbons (Fsp3) is 0.267. The zero-order valence-corrected chi connectivity index (χ0v) is 13.5. The average molecular weight is 331 g/mol. The number of aromatic nitrogens is 2. The average Bonchev–Trinajstić information content (AvgIpc) is 2.92. The van der Waals surface area contributed by atoms with Gasteiger partial charge >= 0.3 is 0 Å². The zero-order valence-electron chi connectivity index (χ0n) is 11.8. The topological polar surface area (TPSA) is 68.0 Å². The fourth-order valence-corrected chi connectivity index (χ4v) is 3.67. The van der Waals surface area contributed by atoms with Crippen LogP contribution in [0.15, 0.2) is 28.0 Å². The van der Waals surface area contributed by atoms with Gasteiger partial charge in [-0.25, -0.2) is 0 Å². The van der Waals surface area contributed by atoms with Crippen LogP contribution in [0.25, 0.3) is 10.8 Å². The van der Waals surface area contributed by atoms with E-state index < -0.39 is 0 Å². The number of carbonyl (C=O) groups excluding carboxylic acids is 1. The Bertz CT molecular complexity index is 829. The molecule has 3 aromatic heterocycles. The van der Waals surface area contributed by atoms with Crippen LogP contribution < -0.4 is 5.32 Å². The lowest BCUT2D eigenvalue weighted by atomic mass is 10.3. The third-order valence-electron chi connectivity index (χ3n) is 3.44. The lowest BCUT2D eigenvalue weighted by Gasteiger charge is -2.02. The second-order valence-electron chi connectivity index (χ2n) is 5.25. The number of anilines is 1. The van der Waals surface area contributed by atoms with E-state index in [0.29, 0.717) is 28.3 Å². The molecule has 1 aliphatic rings. The van der Waals surface area contributed by atoms with Gasteiger partial charge in [0.05, 0.1) is 10.6 Å². The van der Waals surface area contributed by atoms with E-state index in [1.54, 1.807) is 0 Å². The van der Waals surface area contributed by atoms with E-state index in [0.717, 1.165) is 22.6 Å². The van der Waals surface area contributed by atoms with Crippen LogP contribution in [-0.2, 0) is 0 Å². The number of nitrogens with one attached hydrogen (secondary N) is 1. The Labute approximate surface area is 135 Å². The van der Waals surface area contributed by atoms with Crippen molar-refractivity contribution in [1.82, 2.24) is 10.2 Å². The molecule has 4 rings (SSSR count). The van der Waals surface area contributed by atoms with Crippen molar-refractivity contribution in [3.63, 3.8) is 0 Å². The molecule has 1 saturated carbocycles. The molecular formula is C15H13N3O2S2. The minimum Gasteiger partial charge on any atom is -0.420 e. The maximum Gasteiger partial charge on any atom is 0.265 e. The molecule has 0 spiro atoms. The first-order valence-corrected chi connectivity index (χ1v) is 8.69. The summed E-state index contributed by atoms with van der Waals surface area (Å²) in [5.74, 6) is 1.50. The van der Waals surface area contributed by atoms with Gasteiger partial charge in [-0.2, -0.15) is 0 Å². The Morgan fingerprint density at radius 1 is 1.32 bits per heavy atom. The van der Waals surface area contributed by atoms with Crippen LogP contribution in [0, 0.1) is 6.92 Å². The third kappa shape index (κ3) is 2.57. The van der Waals surface area contributed by atoms with Crippen LogP contribution in [-0.4, -0.2) is 16.1 Å². The fourth-order valence-electron chi connectivity index (χ4n) is 2.14. The first-order chi connectivity index (χ1) is 10.7. The summed E-state index contributed by atoms with van der Waals surface area (Å²) in [5, 5.41) is 13.0. The number of amides is 1. The van der Waals surface area contributed by atoms with E-state index in [2.05, 4.69) is 15.5 Å². The highest BCUT2D eigenvalue weighted by Crippen LogP contribution is 2.41. The number of thiophene rings is 2. The van der Waals surface area contributed by atoms with Crippen molar-refractivity contribution in [2.45, 2.75) is 25.7 Å². The molecule has 3 heterocycles. The quantitative estimate of drug-likeness (QED) is 0.774. The second kappa shape index (κ2) is 5.33. The molecule has 5 nitrogen and oxygen atoms in total. The van der Waals surface area contributed by atoms with Gasteiger partial charge in [-0.1, -0.05) is 0 Å². The van der Waals surface area contributed by atoms with E-state index in [1.165, 1.54) is 22.7 Å². The zero-order chi connectivity index (χ0) is 15.1. The Morgan fingerprint density at radius 3 is 2.91 bits per heavy atom. The maximum atomic E-state index is 12.3. The Kier molecular flexibility index (Phi) is 3.31. The molecule has 0 aliphatic heterocycles. The van der Waals surface area contributed by atoms with Crippen molar-refractivity contribution in [2.24, 2.45) is 0 Å². The Balaban J connectivity index is 1.57. The van der Waals surface area contributed by atoms with E-state index in [1.807, 2.05) is 30.5 Å². The number of nitrogens with zero attached hydrogens (tertiary/aromatic N) is 2. The molecule has 1 aliphatic carbocycles. The standard InChI is InChI=1S/C15H13N3O2S2/c1-8-2-5-11(22-8)13(19)16-10-6-7-21-12(10)15-18-17-14(20-15)9-3-4-9/h2,5-7,9H,3-4H2,1H3,(H,16,19). The Morgan fingerprint density at radius 2 is 2.18 bits per heavy atom. The van der Waals surface area contributed by atoms with Gasteiger partial charge in [-0.05, 0) is 43.3 Å². The molecule has 0 saturated heterocycles. The second-order valence-corrected chi connectivity index (χ2v) is 7.45. The summed E-state index contributed by atoms with van der Waals surface area (Å²) in [7, 11) is 0. The monoisotopic (exact) mass is 331 g/mol. The first-order valence-electron chi connectivity index (χ1n) is 7.00. The SMILES string of the molecule is Cc1ccc(C(=O)Nc2ccsc2-c2nnc(C3CC3)o2)s1. The molecule has 0 bridgehead atoms. The normalized spacial score (nSPS) is 14.2. The summed E-state index contributed by atoms with van der Waals surface area (Å²) in [5.41, 5.74) is 0.715. The van der Waals surface area contributed by atoms with Crippen LogP contribution in [0.3, 0.4) is 0 Å². The van der Waals surface area contributed by atoms with E-state index in [-0.39, 0.29) is 5.91 Å². The molecule has 1 N–H and O–H groups in total. The number of aryl methyl sites for hydroxylation is 1. The Hall–Kier alpha value is -1.99. The molecule has 22 heavy (non-hydrogen) atoms. The van der Waals surface area contributed by atoms with Gasteiger partial charge in [0.25, 0.3) is 11.8 Å². The largest absolute Gasteiger partial charge is 0.420 e. The minimum absolute atomic E-state index is 0.111. The van der Waals surface area contributed by atoms with Crippen LogP contribution in [0.1, 0.15) is 39.2 Å². The van der Waals surface area contributed by atoms with Gasteiger partial charge in [-0.3, -0.25) is 4.79 Å². The number of rotatable bonds is 4. The van der Waals surface area contributed by atoms with Crippen molar-refractivity contribution >= 4 is 34.3 Å². The summed E-state index contributed by atoms with van der Waals surface area (Å²) in [4.78, 5) is 14.9. The predicted molar refractivity (Wildman–Crippen MR) is 86.6 cm³/mol. The summed E-state index contributed by atoms with van der Waals surface area (Å²) < 4.78 is 5.72. The van der Waals surface area contributed by atoms with Crippen molar-refractivity contribution < 1.29 is 9.21 Å². The van der Waals surface area contributed by atoms with Gasteiger partial charge in [0.2, 0.25) is 5.89 Å². The highest BCUT2D eigenvalue weighted by Gasteiger charge is 2.30. The van der Waals surface area contributed by atoms with Gasteiger partial charge in [0.1, 0.15) is 4.88 Å². The van der Waals surface area contributed by atoms with Crippen molar-refractivity contribution in [1.29, 1.82) is 0 Å². The summed E-state index contributed by atoms with van der Waals surface area (Å²) in [6.07, 6.45) is 2.24. The van der Waals surface area contributed by atoms with Gasteiger partial charge < -0.3 is 9.73 Å². The van der Waals surface area contributed by atoms with Gasteiger partial charge in [0.15, 0.2) is 0 Å². The molecule has 0 unspecified atom stereocenters. The first kappa shape index (κ1) is 13.7. The molecule has 1 fully saturated rings. The summed E-state index contributed by atoms with van der Waals surface area (Å²) >= 11 is 2.96. The summed E-state index contributed by atoms with van der Waals surface area (Å²) in [6.45, 7) is 1.98. The number of hydrogen-bond acceptors (Lipinski definition) is 6. The lowest BCUT2D eigenvalue weighted by molar-refractivity contribution is 0.103. The molecule has 7 heteroatoms. The molecule has 0 aromatic carbocycles. The molecule has 1 amide bonds. The molecular weight excluding hydrogens is 318 g/mol. The van der Waals surface area contributed by atoms with Crippen molar-refractivity contribution in [2.75, 3.05) is 5.32 Å². The van der Waals surface area contributed by atoms with Crippen LogP contribution in [0.4, 0.5) is 5.69 Å². The molecule has 0 radical (unpaired) electrons. The predicted octanol–water partition coefficient (Wildman–Crippen LogP) is 4.30. The minimum atomic E-state index is -0.111. The number of carbonyl (C=O) groups is 1. The van der Waals surface area contributed by atoms with Crippen LogP contribution in [0.2, 0.25) is 0 Å². The van der Waals surface area contributed by atoms with Crippen molar-refractivity contribution in [3.8, 4) is 10.8 Å². The smallest absolute Gasteiger partial charge is 0.265 e. The third-order valence-corrected chi connectivity index (χ3v) is 5.34. The van der Waals surface area contributed by atoms with Crippen molar-refractivity contribution in [3.05, 3.63) is 39.2 Å².